The van der Waals surface area contributed by atoms with Crippen molar-refractivity contribution in [1.29, 1.82) is 0 Å². The molecule has 0 aromatic rings. The van der Waals surface area contributed by atoms with Gasteiger partial charge in [-0.15, -0.1) is 11.6 Å². The monoisotopic (exact) mass is 174 g/mol. The second-order valence-corrected chi connectivity index (χ2v) is 3.13. The molecule has 0 atom stereocenters. The second kappa shape index (κ2) is 5.42. The predicted octanol–water partition coefficient (Wildman–Crippen LogP) is 1.79. The molecular formula is C8H15ClN2. The summed E-state index contributed by atoms with van der Waals surface area (Å²) in [6.07, 6.45) is 4.94. The standard InChI is InChI=1S/C8H15ClN2/c9-5-7-11-8-4-2-1-3-6-10-8/h1-7H2,(H,10,11). The van der Waals surface area contributed by atoms with E-state index in [-0.39, 0.29) is 0 Å². The van der Waals surface area contributed by atoms with Gasteiger partial charge in [-0.3, -0.25) is 4.99 Å². The summed E-state index contributed by atoms with van der Waals surface area (Å²) in [5.41, 5.74) is 0. The molecule has 11 heavy (non-hydrogen) atoms. The first-order chi connectivity index (χ1) is 5.43. The zero-order chi connectivity index (χ0) is 7.94. The molecule has 0 spiro atoms. The van der Waals surface area contributed by atoms with E-state index in [4.69, 9.17) is 11.6 Å². The topological polar surface area (TPSA) is 24.4 Å². The third-order valence-corrected chi connectivity index (χ3v) is 1.99. The Morgan fingerprint density at radius 1 is 1.36 bits per heavy atom. The van der Waals surface area contributed by atoms with Gasteiger partial charge in [0.1, 0.15) is 0 Å². The number of aliphatic imine (C=N–C) groups is 1. The van der Waals surface area contributed by atoms with E-state index in [0.717, 1.165) is 25.3 Å². The number of rotatable bonds is 2. The molecule has 0 bridgehead atoms. The van der Waals surface area contributed by atoms with Gasteiger partial charge in [-0.2, -0.15) is 0 Å². The Bertz CT molecular complexity index is 134. The quantitative estimate of drug-likeness (QED) is 0.635. The van der Waals surface area contributed by atoms with Crippen molar-refractivity contribution < 1.29 is 0 Å². The lowest BCUT2D eigenvalue weighted by atomic mass is 10.2. The van der Waals surface area contributed by atoms with E-state index in [1.165, 1.54) is 19.3 Å². The van der Waals surface area contributed by atoms with Crippen molar-refractivity contribution in [3.05, 3.63) is 0 Å². The molecule has 0 saturated carbocycles. The molecule has 64 valence electrons. The lowest BCUT2D eigenvalue weighted by Crippen LogP contribution is -2.25. The van der Waals surface area contributed by atoms with Gasteiger partial charge in [-0.25, -0.2) is 0 Å². The van der Waals surface area contributed by atoms with Crippen molar-refractivity contribution in [2.75, 3.05) is 19.0 Å². The average molecular weight is 175 g/mol. The van der Waals surface area contributed by atoms with Crippen LogP contribution in [0.4, 0.5) is 0 Å². The molecule has 0 fully saturated rings. The summed E-state index contributed by atoms with van der Waals surface area (Å²) >= 11 is 5.54. The summed E-state index contributed by atoms with van der Waals surface area (Å²) in [6.45, 7) is 1.84. The fraction of sp³-hybridized carbons (Fsp3) is 0.875. The molecule has 3 heteroatoms. The minimum atomic E-state index is 0.666. The van der Waals surface area contributed by atoms with E-state index in [9.17, 15) is 0 Å². The lowest BCUT2D eigenvalue weighted by Gasteiger charge is -2.04. The fourth-order valence-electron chi connectivity index (χ4n) is 1.21. The molecule has 1 aliphatic rings. The second-order valence-electron chi connectivity index (χ2n) is 2.75. The van der Waals surface area contributed by atoms with Crippen molar-refractivity contribution in [2.45, 2.75) is 25.7 Å². The summed E-state index contributed by atoms with van der Waals surface area (Å²) in [7, 11) is 0. The van der Waals surface area contributed by atoms with Crippen LogP contribution in [0.2, 0.25) is 0 Å². The number of amidine groups is 1. The predicted molar refractivity (Wildman–Crippen MR) is 49.5 cm³/mol. The Hall–Kier alpha value is -0.240. The van der Waals surface area contributed by atoms with Gasteiger partial charge in [0, 0.05) is 25.4 Å². The molecule has 1 aliphatic heterocycles. The molecule has 0 radical (unpaired) electrons. The number of hydrogen-bond donors (Lipinski definition) is 1. The summed E-state index contributed by atoms with van der Waals surface area (Å²) in [6, 6.07) is 0. The van der Waals surface area contributed by atoms with Gasteiger partial charge < -0.3 is 5.32 Å². The van der Waals surface area contributed by atoms with E-state index >= 15 is 0 Å². The van der Waals surface area contributed by atoms with Crippen LogP contribution in [0.3, 0.4) is 0 Å². The largest absolute Gasteiger partial charge is 0.373 e. The summed E-state index contributed by atoms with van der Waals surface area (Å²) < 4.78 is 0. The van der Waals surface area contributed by atoms with Crippen LogP contribution in [0.1, 0.15) is 25.7 Å². The fourth-order valence-corrected chi connectivity index (χ4v) is 1.30. The van der Waals surface area contributed by atoms with Crippen molar-refractivity contribution >= 4 is 17.4 Å². The molecule has 0 unspecified atom stereocenters. The van der Waals surface area contributed by atoms with Gasteiger partial charge in [0.05, 0.1) is 5.84 Å². The molecule has 1 heterocycles. The highest BCUT2D eigenvalue weighted by molar-refractivity contribution is 6.18. The van der Waals surface area contributed by atoms with Gasteiger partial charge in [0.2, 0.25) is 0 Å². The third kappa shape index (κ3) is 3.61. The highest BCUT2D eigenvalue weighted by Crippen LogP contribution is 2.05. The van der Waals surface area contributed by atoms with E-state index in [1.54, 1.807) is 0 Å². The van der Waals surface area contributed by atoms with Crippen molar-refractivity contribution in [3.63, 3.8) is 0 Å². The van der Waals surface area contributed by atoms with Gasteiger partial charge in [-0.05, 0) is 12.8 Å². The zero-order valence-corrected chi connectivity index (χ0v) is 7.53. The van der Waals surface area contributed by atoms with Gasteiger partial charge in [0.25, 0.3) is 0 Å². The van der Waals surface area contributed by atoms with Gasteiger partial charge in [-0.1, -0.05) is 6.42 Å². The SMILES string of the molecule is ClCCNC1=NCCCCC1. The highest BCUT2D eigenvalue weighted by atomic mass is 35.5. The van der Waals surface area contributed by atoms with Crippen molar-refractivity contribution in [2.24, 2.45) is 4.99 Å². The van der Waals surface area contributed by atoms with Crippen LogP contribution in [0.25, 0.3) is 0 Å². The molecule has 2 nitrogen and oxygen atoms in total. The smallest absolute Gasteiger partial charge is 0.0963 e. The first-order valence-electron chi connectivity index (χ1n) is 4.26. The number of nitrogens with zero attached hydrogens (tertiary/aromatic N) is 1. The molecule has 0 saturated heterocycles. The Labute approximate surface area is 73.0 Å². The number of hydrogen-bond acceptors (Lipinski definition) is 2. The van der Waals surface area contributed by atoms with Crippen LogP contribution in [-0.2, 0) is 0 Å². The Balaban J connectivity index is 2.23. The van der Waals surface area contributed by atoms with E-state index in [2.05, 4.69) is 10.3 Å². The van der Waals surface area contributed by atoms with Crippen LogP contribution in [0.5, 0.6) is 0 Å². The summed E-state index contributed by atoms with van der Waals surface area (Å²) in [5, 5.41) is 3.23. The van der Waals surface area contributed by atoms with Crippen molar-refractivity contribution in [1.82, 2.24) is 5.32 Å². The Morgan fingerprint density at radius 2 is 2.27 bits per heavy atom. The van der Waals surface area contributed by atoms with Crippen LogP contribution in [0.15, 0.2) is 4.99 Å². The molecule has 0 aromatic carbocycles. The number of halogens is 1. The molecule has 0 aliphatic carbocycles. The molecule has 1 rings (SSSR count). The summed E-state index contributed by atoms with van der Waals surface area (Å²) in [5.74, 6) is 1.82. The zero-order valence-electron chi connectivity index (χ0n) is 6.77. The van der Waals surface area contributed by atoms with E-state index in [1.807, 2.05) is 0 Å². The normalized spacial score (nSPS) is 18.8. The minimum Gasteiger partial charge on any atom is -0.373 e. The van der Waals surface area contributed by atoms with Crippen LogP contribution < -0.4 is 5.32 Å². The average Bonchev–Trinajstić information content (AvgIpc) is 2.28. The minimum absolute atomic E-state index is 0.666. The molecular weight excluding hydrogens is 160 g/mol. The maximum absolute atomic E-state index is 5.54. The van der Waals surface area contributed by atoms with E-state index in [0.29, 0.717) is 5.88 Å². The van der Waals surface area contributed by atoms with Crippen molar-refractivity contribution in [3.8, 4) is 0 Å². The van der Waals surface area contributed by atoms with Crippen LogP contribution >= 0.6 is 11.6 Å². The molecule has 0 aromatic heterocycles. The highest BCUT2D eigenvalue weighted by Gasteiger charge is 2.01. The lowest BCUT2D eigenvalue weighted by molar-refractivity contribution is 0.729. The van der Waals surface area contributed by atoms with Gasteiger partial charge in [0.15, 0.2) is 0 Å². The first kappa shape index (κ1) is 8.85. The Kier molecular flexibility index (Phi) is 4.36. The molecule has 0 amide bonds. The molecule has 1 N–H and O–H groups in total. The van der Waals surface area contributed by atoms with Gasteiger partial charge >= 0.3 is 0 Å². The number of alkyl halides is 1. The third-order valence-electron chi connectivity index (χ3n) is 1.80. The maximum atomic E-state index is 5.54. The Morgan fingerprint density at radius 3 is 3.09 bits per heavy atom. The van der Waals surface area contributed by atoms with Crippen LogP contribution in [-0.4, -0.2) is 24.8 Å². The first-order valence-corrected chi connectivity index (χ1v) is 4.80. The summed E-state index contributed by atoms with van der Waals surface area (Å²) in [4.78, 5) is 4.41. The van der Waals surface area contributed by atoms with E-state index < -0.39 is 0 Å². The number of nitrogens with one attached hydrogen (secondary N) is 1. The maximum Gasteiger partial charge on any atom is 0.0963 e. The van der Waals surface area contributed by atoms with Crippen LogP contribution in [0, 0.1) is 0 Å².